The number of hydrogen-bond donors (Lipinski definition) is 0. The van der Waals surface area contributed by atoms with E-state index in [1.165, 1.54) is 0 Å². The van der Waals surface area contributed by atoms with Crippen LogP contribution in [0.5, 0.6) is 0 Å². The lowest BCUT2D eigenvalue weighted by Gasteiger charge is -2.19. The molecule has 0 N–H and O–H groups in total. The van der Waals surface area contributed by atoms with Crippen molar-refractivity contribution in [2.24, 2.45) is 0 Å². The summed E-state index contributed by atoms with van der Waals surface area (Å²) in [6.45, 7) is 1.16. The van der Waals surface area contributed by atoms with Gasteiger partial charge < -0.3 is 4.74 Å². The van der Waals surface area contributed by atoms with Crippen LogP contribution in [-0.2, 0) is 19.4 Å². The van der Waals surface area contributed by atoms with Gasteiger partial charge >= 0.3 is 6.47 Å². The third kappa shape index (κ3) is 1.92. The fraction of sp³-hybridized carbons (Fsp3) is 0.833. The van der Waals surface area contributed by atoms with Crippen LogP contribution < -0.4 is 0 Å². The first-order valence-electron chi connectivity index (χ1n) is 3.41. The summed E-state index contributed by atoms with van der Waals surface area (Å²) >= 11 is 0. The van der Waals surface area contributed by atoms with Gasteiger partial charge in [0.25, 0.3) is 0 Å². The van der Waals surface area contributed by atoms with Gasteiger partial charge in [-0.05, 0) is 19.3 Å². The Labute approximate surface area is 65.5 Å². The minimum absolute atomic E-state index is 0.124. The lowest BCUT2D eigenvalue weighted by molar-refractivity contribution is 0.223. The third-order valence-corrected chi connectivity index (χ3v) is 3.69. The molecule has 0 aromatic rings. The fourth-order valence-corrected chi connectivity index (χ4v) is 2.69. The molecule has 0 amide bonds. The molecule has 4 nitrogen and oxygen atoms in total. The number of carbonyl (C=O) groups excluding carboxylic acids is 1. The number of rotatable bonds is 2. The van der Waals surface area contributed by atoms with Crippen molar-refractivity contribution in [1.82, 2.24) is 0 Å². The maximum atomic E-state index is 11.1. The van der Waals surface area contributed by atoms with Crippen molar-refractivity contribution in [2.75, 3.05) is 5.75 Å². The maximum absolute atomic E-state index is 11.1. The average molecular weight is 177 g/mol. The first-order valence-corrected chi connectivity index (χ1v) is 5.13. The summed E-state index contributed by atoms with van der Waals surface area (Å²) in [6.07, 6.45) is 1.88. The predicted octanol–water partition coefficient (Wildman–Crippen LogP) is -0.00500. The molecule has 0 aromatic carbocycles. The fourth-order valence-electron chi connectivity index (χ4n) is 1.11. The topological polar surface area (TPSA) is 60.4 Å². The second-order valence-electron chi connectivity index (χ2n) is 2.49. The molecule has 63 valence electrons. The van der Waals surface area contributed by atoms with E-state index in [1.54, 1.807) is 0 Å². The van der Waals surface area contributed by atoms with E-state index < -0.39 is 15.3 Å². The lowest BCUT2D eigenvalue weighted by atomic mass is 10.2. The highest BCUT2D eigenvalue weighted by Crippen LogP contribution is 2.19. The SMILES string of the molecule is O=[C]OC1CCCCS1(=O)=O. The monoisotopic (exact) mass is 177 g/mol. The molecule has 1 aliphatic heterocycles. The second-order valence-corrected chi connectivity index (χ2v) is 4.75. The number of sulfone groups is 1. The molecular weight excluding hydrogens is 168 g/mol. The Bertz CT molecular complexity index is 231. The third-order valence-electron chi connectivity index (χ3n) is 1.70. The van der Waals surface area contributed by atoms with Crippen LogP contribution in [0.15, 0.2) is 0 Å². The summed E-state index contributed by atoms with van der Waals surface area (Å²) in [5, 5.41) is 0. The molecule has 0 spiro atoms. The minimum atomic E-state index is -3.17. The van der Waals surface area contributed by atoms with Crippen LogP contribution in [0.25, 0.3) is 0 Å². The second kappa shape index (κ2) is 3.21. The molecule has 1 atom stereocenters. The van der Waals surface area contributed by atoms with Crippen molar-refractivity contribution in [3.8, 4) is 0 Å². The zero-order chi connectivity index (χ0) is 8.32. The molecule has 1 aliphatic rings. The van der Waals surface area contributed by atoms with Gasteiger partial charge in [0.15, 0.2) is 9.84 Å². The molecule has 1 rings (SSSR count). The van der Waals surface area contributed by atoms with Crippen molar-refractivity contribution in [3.05, 3.63) is 0 Å². The number of ether oxygens (including phenoxy) is 1. The van der Waals surface area contributed by atoms with Gasteiger partial charge in [-0.3, -0.25) is 0 Å². The Kier molecular flexibility index (Phi) is 2.49. The standard InChI is InChI=1S/C6H9O4S/c7-5-10-6-3-1-2-4-11(6,8)9/h6H,1-4H2. The van der Waals surface area contributed by atoms with Gasteiger partial charge in [-0.15, -0.1) is 0 Å². The Hall–Kier alpha value is -0.580. The zero-order valence-electron chi connectivity index (χ0n) is 5.95. The first-order chi connectivity index (χ1) is 5.17. The quantitative estimate of drug-likeness (QED) is 0.595. The van der Waals surface area contributed by atoms with Crippen molar-refractivity contribution in [2.45, 2.75) is 24.7 Å². The summed E-state index contributed by atoms with van der Waals surface area (Å²) in [6, 6.07) is 0. The van der Waals surface area contributed by atoms with E-state index in [2.05, 4.69) is 4.74 Å². The van der Waals surface area contributed by atoms with Crippen LogP contribution in [-0.4, -0.2) is 26.1 Å². The van der Waals surface area contributed by atoms with Gasteiger partial charge in [-0.25, -0.2) is 13.2 Å². The van der Waals surface area contributed by atoms with E-state index in [-0.39, 0.29) is 5.75 Å². The van der Waals surface area contributed by atoms with Crippen molar-refractivity contribution < 1.29 is 17.9 Å². The lowest BCUT2D eigenvalue weighted by Crippen LogP contribution is -2.30. The Morgan fingerprint density at radius 3 is 2.64 bits per heavy atom. The first kappa shape index (κ1) is 8.52. The van der Waals surface area contributed by atoms with E-state index in [0.29, 0.717) is 12.8 Å². The highest BCUT2D eigenvalue weighted by molar-refractivity contribution is 7.91. The van der Waals surface area contributed by atoms with Gasteiger partial charge in [0, 0.05) is 0 Å². The normalized spacial score (nSPS) is 29.3. The maximum Gasteiger partial charge on any atom is 0.418 e. The van der Waals surface area contributed by atoms with Crippen LogP contribution >= 0.6 is 0 Å². The molecule has 0 aromatic heterocycles. The summed E-state index contributed by atoms with van der Waals surface area (Å²) in [5.74, 6) is 0.124. The molecule has 1 fully saturated rings. The Morgan fingerprint density at radius 1 is 1.36 bits per heavy atom. The minimum Gasteiger partial charge on any atom is -0.438 e. The zero-order valence-corrected chi connectivity index (χ0v) is 6.76. The van der Waals surface area contributed by atoms with Gasteiger partial charge in [0.2, 0.25) is 5.44 Å². The summed E-state index contributed by atoms with van der Waals surface area (Å²) in [4.78, 5) is 9.75. The molecular formula is C6H9O4S. The summed E-state index contributed by atoms with van der Waals surface area (Å²) < 4.78 is 26.4. The predicted molar refractivity (Wildman–Crippen MR) is 38.2 cm³/mol. The molecule has 1 saturated heterocycles. The molecule has 0 bridgehead atoms. The Morgan fingerprint density at radius 2 is 2.09 bits per heavy atom. The van der Waals surface area contributed by atoms with E-state index in [4.69, 9.17) is 0 Å². The average Bonchev–Trinajstić information content (AvgIpc) is 1.94. The van der Waals surface area contributed by atoms with Crippen LogP contribution in [0.2, 0.25) is 0 Å². The van der Waals surface area contributed by atoms with Crippen LogP contribution in [0, 0.1) is 0 Å². The highest BCUT2D eigenvalue weighted by Gasteiger charge is 2.30. The van der Waals surface area contributed by atoms with E-state index in [9.17, 15) is 13.2 Å². The highest BCUT2D eigenvalue weighted by atomic mass is 32.2. The van der Waals surface area contributed by atoms with E-state index >= 15 is 0 Å². The van der Waals surface area contributed by atoms with Crippen LogP contribution in [0.3, 0.4) is 0 Å². The van der Waals surface area contributed by atoms with Crippen molar-refractivity contribution in [3.63, 3.8) is 0 Å². The molecule has 1 radical (unpaired) electrons. The van der Waals surface area contributed by atoms with Crippen LogP contribution in [0.4, 0.5) is 0 Å². The smallest absolute Gasteiger partial charge is 0.418 e. The van der Waals surface area contributed by atoms with Crippen molar-refractivity contribution >= 4 is 16.3 Å². The summed E-state index contributed by atoms with van der Waals surface area (Å²) in [5.41, 5.74) is -0.936. The molecule has 0 aliphatic carbocycles. The van der Waals surface area contributed by atoms with Gasteiger partial charge in [0.1, 0.15) is 0 Å². The van der Waals surface area contributed by atoms with Crippen molar-refractivity contribution in [1.29, 1.82) is 0 Å². The van der Waals surface area contributed by atoms with Gasteiger partial charge in [0.05, 0.1) is 5.75 Å². The van der Waals surface area contributed by atoms with Gasteiger partial charge in [-0.2, -0.15) is 0 Å². The molecule has 0 saturated carbocycles. The largest absolute Gasteiger partial charge is 0.438 e. The molecule has 11 heavy (non-hydrogen) atoms. The Balaban J connectivity index is 2.67. The molecule has 5 heteroatoms. The van der Waals surface area contributed by atoms with E-state index in [0.717, 1.165) is 12.9 Å². The van der Waals surface area contributed by atoms with E-state index in [1.807, 2.05) is 0 Å². The van der Waals surface area contributed by atoms with Gasteiger partial charge in [-0.1, -0.05) is 0 Å². The van der Waals surface area contributed by atoms with Crippen LogP contribution in [0.1, 0.15) is 19.3 Å². The molecule has 1 heterocycles. The number of hydrogen-bond acceptors (Lipinski definition) is 4. The summed E-state index contributed by atoms with van der Waals surface area (Å²) in [7, 11) is -3.17. The molecule has 1 unspecified atom stereocenters.